The lowest BCUT2D eigenvalue weighted by atomic mass is 10.5. The summed E-state index contributed by atoms with van der Waals surface area (Å²) in [5.41, 5.74) is 0.891. The highest BCUT2D eigenvalue weighted by molar-refractivity contribution is 7.80. The maximum absolute atomic E-state index is 5.02. The molecular weight excluding hydrogens is 148 g/mol. The van der Waals surface area contributed by atoms with E-state index in [-0.39, 0.29) is 0 Å². The average Bonchev–Trinajstić information content (AvgIpc) is 2.09. The van der Waals surface area contributed by atoms with Crippen molar-refractivity contribution >= 4 is 12.6 Å². The van der Waals surface area contributed by atoms with Crippen molar-refractivity contribution in [3.63, 3.8) is 0 Å². The largest absolute Gasteiger partial charge is 0.480 e. The number of thiol groups is 1. The molecule has 3 nitrogen and oxygen atoms in total. The summed E-state index contributed by atoms with van der Waals surface area (Å²) in [6.07, 6.45) is 0. The van der Waals surface area contributed by atoms with Crippen LogP contribution in [-0.2, 0) is 7.05 Å². The van der Waals surface area contributed by atoms with Gasteiger partial charge in [0.1, 0.15) is 0 Å². The van der Waals surface area contributed by atoms with Gasteiger partial charge in [-0.3, -0.25) is 0 Å². The van der Waals surface area contributed by atoms with Gasteiger partial charge in [0.15, 0.2) is 0 Å². The van der Waals surface area contributed by atoms with E-state index < -0.39 is 0 Å². The minimum absolute atomic E-state index is 0.709. The van der Waals surface area contributed by atoms with Gasteiger partial charge in [0, 0.05) is 7.05 Å². The molecule has 0 saturated carbocycles. The fourth-order valence-corrected chi connectivity index (χ4v) is 1.14. The third kappa shape index (κ3) is 0.988. The van der Waals surface area contributed by atoms with Crippen LogP contribution in [-0.4, -0.2) is 16.9 Å². The number of methoxy groups -OCH3 is 1. The van der Waals surface area contributed by atoms with E-state index in [1.807, 2.05) is 14.0 Å². The van der Waals surface area contributed by atoms with Crippen molar-refractivity contribution in [3.05, 3.63) is 5.69 Å². The molecule has 0 N–H and O–H groups in total. The predicted molar refractivity (Wildman–Crippen MR) is 41.7 cm³/mol. The summed E-state index contributed by atoms with van der Waals surface area (Å²) in [4.78, 5) is 0.810. The zero-order chi connectivity index (χ0) is 7.72. The number of hydrogen-bond donors (Lipinski definition) is 1. The summed E-state index contributed by atoms with van der Waals surface area (Å²) in [6, 6.07) is 0. The van der Waals surface area contributed by atoms with Crippen molar-refractivity contribution < 1.29 is 4.74 Å². The Hall–Kier alpha value is -0.640. The zero-order valence-electron chi connectivity index (χ0n) is 6.25. The molecule has 10 heavy (non-hydrogen) atoms. The van der Waals surface area contributed by atoms with E-state index in [9.17, 15) is 0 Å². The maximum atomic E-state index is 5.02. The quantitative estimate of drug-likeness (QED) is 0.618. The van der Waals surface area contributed by atoms with Crippen molar-refractivity contribution in [1.29, 1.82) is 0 Å². The van der Waals surface area contributed by atoms with Gasteiger partial charge in [-0.2, -0.15) is 5.10 Å². The fraction of sp³-hybridized carbons (Fsp3) is 0.500. The summed E-state index contributed by atoms with van der Waals surface area (Å²) in [6.45, 7) is 1.89. The van der Waals surface area contributed by atoms with Crippen molar-refractivity contribution in [1.82, 2.24) is 9.78 Å². The minimum Gasteiger partial charge on any atom is -0.480 e. The van der Waals surface area contributed by atoms with Crippen LogP contribution in [0.3, 0.4) is 0 Å². The fourth-order valence-electron chi connectivity index (χ4n) is 0.855. The molecular formula is C6H10N2OS. The van der Waals surface area contributed by atoms with Gasteiger partial charge in [-0.05, 0) is 6.92 Å². The van der Waals surface area contributed by atoms with Crippen LogP contribution < -0.4 is 4.74 Å². The molecule has 56 valence electrons. The van der Waals surface area contributed by atoms with Crippen LogP contribution in [0.5, 0.6) is 5.88 Å². The van der Waals surface area contributed by atoms with E-state index in [2.05, 4.69) is 17.7 Å². The van der Waals surface area contributed by atoms with Gasteiger partial charge in [0.2, 0.25) is 5.88 Å². The molecule has 1 rings (SSSR count). The second-order valence-corrected chi connectivity index (χ2v) is 2.51. The van der Waals surface area contributed by atoms with Crippen LogP contribution >= 0.6 is 12.6 Å². The normalized spacial score (nSPS) is 10.0. The highest BCUT2D eigenvalue weighted by atomic mass is 32.1. The monoisotopic (exact) mass is 158 g/mol. The van der Waals surface area contributed by atoms with Gasteiger partial charge in [0.25, 0.3) is 0 Å². The van der Waals surface area contributed by atoms with Crippen molar-refractivity contribution in [2.75, 3.05) is 7.11 Å². The van der Waals surface area contributed by atoms with E-state index in [1.165, 1.54) is 0 Å². The Morgan fingerprint density at radius 3 is 2.40 bits per heavy atom. The Bertz CT molecular complexity index is 244. The van der Waals surface area contributed by atoms with Gasteiger partial charge in [0.05, 0.1) is 17.7 Å². The van der Waals surface area contributed by atoms with Crippen LogP contribution in [0.25, 0.3) is 0 Å². The number of aromatic nitrogens is 2. The maximum Gasteiger partial charge on any atom is 0.225 e. The Balaban J connectivity index is 3.20. The summed E-state index contributed by atoms with van der Waals surface area (Å²) < 4.78 is 6.68. The molecule has 0 aromatic carbocycles. The lowest BCUT2D eigenvalue weighted by Gasteiger charge is -1.98. The number of nitrogens with zero attached hydrogens (tertiary/aromatic N) is 2. The lowest BCUT2D eigenvalue weighted by Crippen LogP contribution is -1.94. The lowest BCUT2D eigenvalue weighted by molar-refractivity contribution is 0.365. The van der Waals surface area contributed by atoms with Crippen LogP contribution in [0.4, 0.5) is 0 Å². The average molecular weight is 158 g/mol. The van der Waals surface area contributed by atoms with Crippen molar-refractivity contribution in [2.45, 2.75) is 11.8 Å². The topological polar surface area (TPSA) is 27.1 Å². The van der Waals surface area contributed by atoms with Gasteiger partial charge < -0.3 is 4.74 Å². The number of ether oxygens (including phenoxy) is 1. The van der Waals surface area contributed by atoms with Crippen molar-refractivity contribution in [2.24, 2.45) is 7.05 Å². The van der Waals surface area contributed by atoms with E-state index in [0.717, 1.165) is 10.6 Å². The Morgan fingerprint density at radius 2 is 2.20 bits per heavy atom. The standard InChI is InChI=1S/C6H10N2OS/c1-4-5(10)6(9-3)8(2)7-4/h10H,1-3H3. The molecule has 0 spiro atoms. The molecule has 0 fully saturated rings. The first-order valence-electron chi connectivity index (χ1n) is 2.93. The van der Waals surface area contributed by atoms with Crippen LogP contribution in [0.2, 0.25) is 0 Å². The molecule has 1 heterocycles. The van der Waals surface area contributed by atoms with E-state index in [1.54, 1.807) is 11.8 Å². The zero-order valence-corrected chi connectivity index (χ0v) is 7.14. The van der Waals surface area contributed by atoms with Gasteiger partial charge in [-0.15, -0.1) is 12.6 Å². The van der Waals surface area contributed by atoms with Gasteiger partial charge in [-0.1, -0.05) is 0 Å². The Kier molecular flexibility index (Phi) is 1.89. The molecule has 0 saturated heterocycles. The second kappa shape index (κ2) is 2.54. The molecule has 1 aromatic rings. The molecule has 0 aliphatic carbocycles. The number of rotatable bonds is 1. The summed E-state index contributed by atoms with van der Waals surface area (Å²) in [5.74, 6) is 0.709. The first-order valence-corrected chi connectivity index (χ1v) is 3.38. The summed E-state index contributed by atoms with van der Waals surface area (Å²) in [7, 11) is 3.43. The number of hydrogen-bond acceptors (Lipinski definition) is 3. The van der Waals surface area contributed by atoms with E-state index in [4.69, 9.17) is 4.74 Å². The van der Waals surface area contributed by atoms with Gasteiger partial charge in [-0.25, -0.2) is 4.68 Å². The third-order valence-electron chi connectivity index (χ3n) is 1.33. The number of aryl methyl sites for hydroxylation is 2. The van der Waals surface area contributed by atoms with E-state index in [0.29, 0.717) is 5.88 Å². The summed E-state index contributed by atoms with van der Waals surface area (Å²) >= 11 is 4.20. The molecule has 1 aromatic heterocycles. The third-order valence-corrected chi connectivity index (χ3v) is 1.85. The van der Waals surface area contributed by atoms with Crippen LogP contribution in [0.1, 0.15) is 5.69 Å². The first-order chi connectivity index (χ1) is 4.66. The molecule has 0 unspecified atom stereocenters. The summed E-state index contributed by atoms with van der Waals surface area (Å²) in [5, 5.41) is 4.10. The molecule has 0 aliphatic heterocycles. The minimum atomic E-state index is 0.709. The molecule has 0 atom stereocenters. The highest BCUT2D eigenvalue weighted by Gasteiger charge is 2.08. The highest BCUT2D eigenvalue weighted by Crippen LogP contribution is 2.23. The SMILES string of the molecule is COc1c(S)c(C)nn1C. The smallest absolute Gasteiger partial charge is 0.225 e. The Morgan fingerprint density at radius 1 is 1.60 bits per heavy atom. The van der Waals surface area contributed by atoms with Crippen LogP contribution in [0.15, 0.2) is 4.90 Å². The molecule has 0 aliphatic rings. The second-order valence-electron chi connectivity index (χ2n) is 2.07. The first kappa shape index (κ1) is 7.47. The molecule has 0 amide bonds. The molecule has 0 radical (unpaired) electrons. The molecule has 0 bridgehead atoms. The van der Waals surface area contributed by atoms with Gasteiger partial charge >= 0.3 is 0 Å². The van der Waals surface area contributed by atoms with Crippen LogP contribution in [0, 0.1) is 6.92 Å². The predicted octanol–water partition coefficient (Wildman–Crippen LogP) is 1.03. The van der Waals surface area contributed by atoms with E-state index >= 15 is 0 Å². The molecule has 4 heteroatoms. The van der Waals surface area contributed by atoms with Crippen molar-refractivity contribution in [3.8, 4) is 5.88 Å². The Labute approximate surface area is 65.4 Å².